The number of benzene rings is 1. The molecule has 108 valence electrons. The van der Waals surface area contributed by atoms with E-state index in [1.807, 2.05) is 19.9 Å². The van der Waals surface area contributed by atoms with Crippen LogP contribution >= 0.6 is 11.8 Å². The lowest BCUT2D eigenvalue weighted by Gasteiger charge is -2.33. The Kier molecular flexibility index (Phi) is 4.50. The number of amides is 1. The van der Waals surface area contributed by atoms with Gasteiger partial charge >= 0.3 is 0 Å². The molecule has 1 saturated heterocycles. The van der Waals surface area contributed by atoms with E-state index in [1.165, 1.54) is 0 Å². The van der Waals surface area contributed by atoms with E-state index in [2.05, 4.69) is 5.32 Å². The van der Waals surface area contributed by atoms with Crippen molar-refractivity contribution in [2.45, 2.75) is 31.9 Å². The van der Waals surface area contributed by atoms with Gasteiger partial charge < -0.3 is 10.4 Å². The van der Waals surface area contributed by atoms with Crippen molar-refractivity contribution in [1.29, 1.82) is 0 Å². The van der Waals surface area contributed by atoms with Gasteiger partial charge in [0.2, 0.25) is 5.12 Å². The minimum absolute atomic E-state index is 0.150. The molecule has 0 aliphatic carbocycles. The van der Waals surface area contributed by atoms with Crippen LogP contribution in [0.4, 0.5) is 0 Å². The third-order valence-corrected chi connectivity index (χ3v) is 4.52. The van der Waals surface area contributed by atoms with Crippen LogP contribution in [0, 0.1) is 5.92 Å². The summed E-state index contributed by atoms with van der Waals surface area (Å²) in [6, 6.07) is 8.75. The predicted octanol–water partition coefficient (Wildman–Crippen LogP) is 1.84. The van der Waals surface area contributed by atoms with Crippen molar-refractivity contribution in [2.75, 3.05) is 5.75 Å². The quantitative estimate of drug-likeness (QED) is 0.889. The molecule has 2 N–H and O–H groups in total. The second-order valence-electron chi connectivity index (χ2n) is 5.50. The number of hydrogen-bond acceptors (Lipinski definition) is 4. The van der Waals surface area contributed by atoms with Crippen LogP contribution in [0.3, 0.4) is 0 Å². The average molecular weight is 293 g/mol. The first-order chi connectivity index (χ1) is 9.45. The summed E-state index contributed by atoms with van der Waals surface area (Å²) in [6.45, 7) is 3.94. The molecule has 1 aliphatic rings. The number of nitrogens with one attached hydrogen (secondary N) is 1. The summed E-state index contributed by atoms with van der Waals surface area (Å²) in [5, 5.41) is 12.8. The van der Waals surface area contributed by atoms with Crippen LogP contribution < -0.4 is 5.32 Å². The summed E-state index contributed by atoms with van der Waals surface area (Å²) in [6.07, 6.45) is -0.395. The third kappa shape index (κ3) is 2.88. The fourth-order valence-electron chi connectivity index (χ4n) is 2.47. The van der Waals surface area contributed by atoms with Gasteiger partial charge in [0.05, 0.1) is 6.10 Å². The van der Waals surface area contributed by atoms with Gasteiger partial charge in [-0.25, -0.2) is 0 Å². The molecule has 20 heavy (non-hydrogen) atoms. The van der Waals surface area contributed by atoms with E-state index in [9.17, 15) is 14.7 Å². The minimum atomic E-state index is -1.16. The van der Waals surface area contributed by atoms with E-state index in [0.717, 1.165) is 11.8 Å². The number of aliphatic hydroxyl groups excluding tert-OH is 1. The lowest BCUT2D eigenvalue weighted by molar-refractivity contribution is -0.119. The maximum absolute atomic E-state index is 12.3. The summed E-state index contributed by atoms with van der Waals surface area (Å²) in [7, 11) is 0. The zero-order valence-electron chi connectivity index (χ0n) is 11.6. The molecule has 0 saturated carbocycles. The van der Waals surface area contributed by atoms with Crippen LogP contribution in [0.2, 0.25) is 0 Å². The second kappa shape index (κ2) is 5.97. The van der Waals surface area contributed by atoms with Gasteiger partial charge in [0.15, 0.2) is 0 Å². The summed E-state index contributed by atoms with van der Waals surface area (Å²) >= 11 is 1.09. The molecule has 1 amide bonds. The van der Waals surface area contributed by atoms with Crippen LogP contribution in [0.25, 0.3) is 0 Å². The highest BCUT2D eigenvalue weighted by Crippen LogP contribution is 2.35. The van der Waals surface area contributed by atoms with Gasteiger partial charge in [-0.1, -0.05) is 43.8 Å². The summed E-state index contributed by atoms with van der Waals surface area (Å²) in [4.78, 5) is 24.5. The number of thioether (sulfide) groups is 1. The molecule has 1 aliphatic heterocycles. The number of carbonyl (C=O) groups is 2. The summed E-state index contributed by atoms with van der Waals surface area (Å²) in [5.41, 5.74) is -0.668. The molecule has 0 radical (unpaired) electrons. The normalized spacial score (nSPS) is 26.0. The maximum Gasteiger partial charge on any atom is 0.252 e. The minimum Gasteiger partial charge on any atom is -0.389 e. The molecule has 1 fully saturated rings. The number of carbonyl (C=O) groups excluding carboxylic acids is 2. The van der Waals surface area contributed by atoms with Gasteiger partial charge in [0.25, 0.3) is 5.91 Å². The summed E-state index contributed by atoms with van der Waals surface area (Å²) < 4.78 is 0. The third-order valence-electron chi connectivity index (χ3n) is 3.41. The fourth-order valence-corrected chi connectivity index (χ4v) is 3.60. The first-order valence-corrected chi connectivity index (χ1v) is 7.67. The molecule has 0 aromatic heterocycles. The number of rotatable bonds is 4. The van der Waals surface area contributed by atoms with Crippen molar-refractivity contribution in [3.63, 3.8) is 0 Å². The van der Waals surface area contributed by atoms with E-state index in [0.29, 0.717) is 17.7 Å². The Balaban J connectivity index is 2.25. The molecular formula is C15H19NO3S. The van der Waals surface area contributed by atoms with Crippen molar-refractivity contribution in [3.8, 4) is 0 Å². The molecule has 5 heteroatoms. The molecule has 0 unspecified atom stereocenters. The van der Waals surface area contributed by atoms with E-state index < -0.39 is 11.6 Å². The maximum atomic E-state index is 12.3. The van der Waals surface area contributed by atoms with Gasteiger partial charge in [-0.15, -0.1) is 0 Å². The highest BCUT2D eigenvalue weighted by Gasteiger charge is 2.51. The zero-order valence-corrected chi connectivity index (χ0v) is 12.4. The molecule has 2 atom stereocenters. The van der Waals surface area contributed by atoms with Gasteiger partial charge in [0.1, 0.15) is 5.54 Å². The Morgan fingerprint density at radius 1 is 1.45 bits per heavy atom. The first kappa shape index (κ1) is 15.1. The smallest absolute Gasteiger partial charge is 0.252 e. The molecule has 1 aromatic carbocycles. The van der Waals surface area contributed by atoms with E-state index in [1.54, 1.807) is 24.3 Å². The molecule has 1 aromatic rings. The predicted molar refractivity (Wildman–Crippen MR) is 79.6 cm³/mol. The average Bonchev–Trinajstić information content (AvgIpc) is 2.67. The van der Waals surface area contributed by atoms with Crippen LogP contribution in [-0.2, 0) is 4.79 Å². The Hall–Kier alpha value is -1.33. The van der Waals surface area contributed by atoms with Crippen LogP contribution in [0.1, 0.15) is 30.6 Å². The molecule has 2 rings (SSSR count). The monoisotopic (exact) mass is 293 g/mol. The van der Waals surface area contributed by atoms with E-state index in [4.69, 9.17) is 0 Å². The zero-order chi connectivity index (χ0) is 14.8. The van der Waals surface area contributed by atoms with E-state index in [-0.39, 0.29) is 16.9 Å². The molecular weight excluding hydrogens is 274 g/mol. The van der Waals surface area contributed by atoms with Crippen LogP contribution in [0.15, 0.2) is 30.3 Å². The Labute approximate surface area is 123 Å². The van der Waals surface area contributed by atoms with Gasteiger partial charge in [0, 0.05) is 11.3 Å². The Bertz CT molecular complexity index is 503. The van der Waals surface area contributed by atoms with Crippen molar-refractivity contribution >= 4 is 22.8 Å². The largest absolute Gasteiger partial charge is 0.389 e. The fraction of sp³-hybridized carbons (Fsp3) is 0.467. The van der Waals surface area contributed by atoms with Gasteiger partial charge in [-0.05, 0) is 24.5 Å². The summed E-state index contributed by atoms with van der Waals surface area (Å²) in [5.74, 6) is 0.213. The molecule has 1 heterocycles. The molecule has 0 spiro atoms. The second-order valence-corrected chi connectivity index (χ2v) is 6.50. The highest BCUT2D eigenvalue weighted by molar-refractivity contribution is 8.14. The van der Waals surface area contributed by atoms with Gasteiger partial charge in [-0.3, -0.25) is 9.59 Å². The van der Waals surface area contributed by atoms with Crippen molar-refractivity contribution < 1.29 is 14.7 Å². The Morgan fingerprint density at radius 3 is 2.60 bits per heavy atom. The number of aliphatic hydroxyl groups is 1. The standard InChI is InChI=1S/C15H19NO3S/c1-10(2)8-15(12(17)9-20-14(15)19)16-13(18)11-6-4-3-5-7-11/h3-7,10,12,17H,8-9H2,1-2H3,(H,16,18)/t12-,15+/m0/s1. The van der Waals surface area contributed by atoms with E-state index >= 15 is 0 Å². The molecule has 4 nitrogen and oxygen atoms in total. The number of hydrogen-bond donors (Lipinski definition) is 2. The van der Waals surface area contributed by atoms with Crippen LogP contribution in [-0.4, -0.2) is 33.5 Å². The lowest BCUT2D eigenvalue weighted by atomic mass is 9.85. The van der Waals surface area contributed by atoms with Crippen LogP contribution in [0.5, 0.6) is 0 Å². The van der Waals surface area contributed by atoms with Crippen molar-refractivity contribution in [1.82, 2.24) is 5.32 Å². The first-order valence-electron chi connectivity index (χ1n) is 6.68. The Morgan fingerprint density at radius 2 is 2.10 bits per heavy atom. The highest BCUT2D eigenvalue weighted by atomic mass is 32.2. The van der Waals surface area contributed by atoms with Gasteiger partial charge in [-0.2, -0.15) is 0 Å². The SMILES string of the molecule is CC(C)C[C@]1(NC(=O)c2ccccc2)C(=O)SC[C@@H]1O. The van der Waals surface area contributed by atoms with Crippen molar-refractivity contribution in [3.05, 3.63) is 35.9 Å². The van der Waals surface area contributed by atoms with Crippen molar-refractivity contribution in [2.24, 2.45) is 5.92 Å². The molecule has 0 bridgehead atoms. The topological polar surface area (TPSA) is 66.4 Å². The lowest BCUT2D eigenvalue weighted by Crippen LogP contribution is -2.59.